The minimum atomic E-state index is -0.576. The number of ether oxygens (including phenoxy) is 2. The highest BCUT2D eigenvalue weighted by Gasteiger charge is 2.38. The topological polar surface area (TPSA) is 93.9 Å². The lowest BCUT2D eigenvalue weighted by atomic mass is 9.78. The number of esters is 1. The van der Waals surface area contributed by atoms with Gasteiger partial charge in [-0.05, 0) is 55.9 Å². The summed E-state index contributed by atoms with van der Waals surface area (Å²) in [4.78, 5) is 24.4. The van der Waals surface area contributed by atoms with Gasteiger partial charge >= 0.3 is 11.7 Å². The average Bonchev–Trinajstić information content (AvgIpc) is 3.02. The number of hydrogen-bond acceptors (Lipinski definition) is 7. The average molecular weight is 363 g/mol. The molecule has 2 saturated heterocycles. The third kappa shape index (κ3) is 4.31. The standard InChI is InChI=1S/C18H25N3O5/c1-25-17(22)12-26-16-3-2-14(10-15(16)21(23)24)11-20-9-6-18(13-20)4-7-19-8-5-18/h2-3,10,19H,4-9,11-13H2,1H3. The maximum Gasteiger partial charge on any atom is 0.343 e. The molecule has 2 aliphatic heterocycles. The van der Waals surface area contributed by atoms with E-state index in [0.717, 1.165) is 31.7 Å². The Labute approximate surface area is 152 Å². The zero-order valence-electron chi connectivity index (χ0n) is 15.0. The van der Waals surface area contributed by atoms with Crippen molar-refractivity contribution in [2.45, 2.75) is 25.8 Å². The van der Waals surface area contributed by atoms with E-state index < -0.39 is 10.9 Å². The third-order valence-electron chi connectivity index (χ3n) is 5.38. The van der Waals surface area contributed by atoms with Gasteiger partial charge in [-0.3, -0.25) is 15.0 Å². The molecule has 0 saturated carbocycles. The highest BCUT2D eigenvalue weighted by atomic mass is 16.6. The molecule has 2 aliphatic rings. The van der Waals surface area contributed by atoms with Crippen molar-refractivity contribution in [1.82, 2.24) is 10.2 Å². The summed E-state index contributed by atoms with van der Waals surface area (Å²) in [6, 6.07) is 4.93. The van der Waals surface area contributed by atoms with E-state index in [1.165, 1.54) is 26.4 Å². The number of nitro groups is 1. The van der Waals surface area contributed by atoms with Crippen LogP contribution >= 0.6 is 0 Å². The van der Waals surface area contributed by atoms with E-state index in [9.17, 15) is 14.9 Å². The van der Waals surface area contributed by atoms with Crippen LogP contribution in [-0.4, -0.2) is 55.7 Å². The molecule has 1 spiro atoms. The van der Waals surface area contributed by atoms with Gasteiger partial charge in [0.05, 0.1) is 12.0 Å². The molecule has 3 rings (SSSR count). The van der Waals surface area contributed by atoms with E-state index in [2.05, 4.69) is 15.0 Å². The van der Waals surface area contributed by atoms with Crippen LogP contribution in [0.2, 0.25) is 0 Å². The minimum Gasteiger partial charge on any atom is -0.475 e. The van der Waals surface area contributed by atoms with E-state index >= 15 is 0 Å². The lowest BCUT2D eigenvalue weighted by Crippen LogP contribution is -2.38. The molecule has 2 heterocycles. The van der Waals surface area contributed by atoms with Gasteiger partial charge in [0.15, 0.2) is 12.4 Å². The summed E-state index contributed by atoms with van der Waals surface area (Å²) in [7, 11) is 1.24. The van der Waals surface area contributed by atoms with E-state index in [1.54, 1.807) is 12.1 Å². The summed E-state index contributed by atoms with van der Waals surface area (Å²) in [5.74, 6) is -0.492. The normalized spacial score (nSPS) is 19.4. The Morgan fingerprint density at radius 1 is 1.35 bits per heavy atom. The monoisotopic (exact) mass is 363 g/mol. The van der Waals surface area contributed by atoms with E-state index in [-0.39, 0.29) is 18.0 Å². The van der Waals surface area contributed by atoms with Crippen LogP contribution in [0, 0.1) is 15.5 Å². The molecule has 0 bridgehead atoms. The van der Waals surface area contributed by atoms with Gasteiger partial charge in [-0.2, -0.15) is 0 Å². The van der Waals surface area contributed by atoms with Gasteiger partial charge in [0, 0.05) is 19.2 Å². The fourth-order valence-electron chi connectivity index (χ4n) is 3.91. The minimum absolute atomic E-state index is 0.0837. The van der Waals surface area contributed by atoms with Gasteiger partial charge < -0.3 is 14.8 Å². The summed E-state index contributed by atoms with van der Waals surface area (Å²) in [5.41, 5.74) is 1.16. The Bertz CT molecular complexity index is 673. The molecule has 0 amide bonds. The SMILES string of the molecule is COC(=O)COc1ccc(CN2CCC3(CCNCC3)C2)cc1[N+](=O)[O-]. The van der Waals surface area contributed by atoms with Crippen LogP contribution in [0.3, 0.4) is 0 Å². The molecule has 0 aliphatic carbocycles. The molecule has 1 aromatic rings. The molecular weight excluding hydrogens is 338 g/mol. The quantitative estimate of drug-likeness (QED) is 0.467. The maximum absolute atomic E-state index is 11.4. The van der Waals surface area contributed by atoms with Gasteiger partial charge in [-0.15, -0.1) is 0 Å². The van der Waals surface area contributed by atoms with Crippen molar-refractivity contribution in [1.29, 1.82) is 0 Å². The Morgan fingerprint density at radius 3 is 2.81 bits per heavy atom. The van der Waals surface area contributed by atoms with Crippen LogP contribution in [0.4, 0.5) is 5.69 Å². The van der Waals surface area contributed by atoms with Crippen LogP contribution in [0.25, 0.3) is 0 Å². The van der Waals surface area contributed by atoms with Crippen molar-refractivity contribution in [3.8, 4) is 5.75 Å². The second-order valence-corrected chi connectivity index (χ2v) is 7.13. The first-order valence-electron chi connectivity index (χ1n) is 8.91. The zero-order valence-corrected chi connectivity index (χ0v) is 15.0. The number of piperidine rings is 1. The summed E-state index contributed by atoms with van der Waals surface area (Å²) in [6.07, 6.45) is 3.59. The number of carbonyl (C=O) groups excluding carboxylic acids is 1. The van der Waals surface area contributed by atoms with Gasteiger partial charge in [-0.25, -0.2) is 4.79 Å². The van der Waals surface area contributed by atoms with Gasteiger partial charge in [0.1, 0.15) is 0 Å². The smallest absolute Gasteiger partial charge is 0.343 e. The van der Waals surface area contributed by atoms with E-state index in [4.69, 9.17) is 4.74 Å². The molecular formula is C18H25N3O5. The molecule has 8 heteroatoms. The second-order valence-electron chi connectivity index (χ2n) is 7.13. The molecule has 26 heavy (non-hydrogen) atoms. The molecule has 8 nitrogen and oxygen atoms in total. The first-order valence-corrected chi connectivity index (χ1v) is 8.91. The van der Waals surface area contributed by atoms with Crippen molar-refractivity contribution < 1.29 is 19.2 Å². The lowest BCUT2D eigenvalue weighted by Gasteiger charge is -2.33. The highest BCUT2D eigenvalue weighted by molar-refractivity contribution is 5.71. The Balaban J connectivity index is 1.66. The summed E-state index contributed by atoms with van der Waals surface area (Å²) >= 11 is 0. The summed E-state index contributed by atoms with van der Waals surface area (Å²) < 4.78 is 9.72. The van der Waals surface area contributed by atoms with Crippen molar-refractivity contribution in [2.24, 2.45) is 5.41 Å². The highest BCUT2D eigenvalue weighted by Crippen LogP contribution is 2.39. The Kier molecular flexibility index (Phi) is 5.73. The fourth-order valence-corrected chi connectivity index (χ4v) is 3.91. The summed E-state index contributed by atoms with van der Waals surface area (Å²) in [5, 5.41) is 14.8. The number of rotatable bonds is 6. The summed E-state index contributed by atoms with van der Waals surface area (Å²) in [6.45, 7) is 4.56. The Morgan fingerprint density at radius 2 is 2.12 bits per heavy atom. The molecule has 0 unspecified atom stereocenters. The second kappa shape index (κ2) is 8.01. The predicted molar refractivity (Wildman–Crippen MR) is 95.0 cm³/mol. The number of methoxy groups -OCH3 is 1. The number of nitrogens with one attached hydrogen (secondary N) is 1. The molecule has 0 aromatic heterocycles. The molecule has 1 N–H and O–H groups in total. The molecule has 1 aromatic carbocycles. The van der Waals surface area contributed by atoms with Crippen molar-refractivity contribution in [3.05, 3.63) is 33.9 Å². The molecule has 142 valence electrons. The van der Waals surface area contributed by atoms with Crippen LogP contribution in [-0.2, 0) is 16.1 Å². The first kappa shape index (κ1) is 18.6. The number of nitrogens with zero attached hydrogens (tertiary/aromatic N) is 2. The number of benzene rings is 1. The zero-order chi connectivity index (χ0) is 18.6. The Hall–Kier alpha value is -2.19. The molecule has 2 fully saturated rings. The van der Waals surface area contributed by atoms with E-state index in [0.29, 0.717) is 12.0 Å². The largest absolute Gasteiger partial charge is 0.475 e. The number of likely N-dealkylation sites (tertiary alicyclic amines) is 1. The molecule has 0 radical (unpaired) electrons. The van der Waals surface area contributed by atoms with Crippen LogP contribution in [0.5, 0.6) is 5.75 Å². The van der Waals surface area contributed by atoms with Crippen LogP contribution in [0.15, 0.2) is 18.2 Å². The van der Waals surface area contributed by atoms with Gasteiger partial charge in [0.2, 0.25) is 0 Å². The van der Waals surface area contributed by atoms with Gasteiger partial charge in [-0.1, -0.05) is 6.07 Å². The van der Waals surface area contributed by atoms with Crippen molar-refractivity contribution in [2.75, 3.05) is 39.9 Å². The van der Waals surface area contributed by atoms with Crippen molar-refractivity contribution in [3.63, 3.8) is 0 Å². The van der Waals surface area contributed by atoms with Gasteiger partial charge in [0.25, 0.3) is 0 Å². The van der Waals surface area contributed by atoms with Crippen LogP contribution < -0.4 is 10.1 Å². The number of carbonyl (C=O) groups is 1. The van der Waals surface area contributed by atoms with Crippen LogP contribution in [0.1, 0.15) is 24.8 Å². The first-order chi connectivity index (χ1) is 12.5. The fraction of sp³-hybridized carbons (Fsp3) is 0.611. The predicted octanol–water partition coefficient (Wildman–Crippen LogP) is 1.72. The lowest BCUT2D eigenvalue weighted by molar-refractivity contribution is -0.385. The van der Waals surface area contributed by atoms with E-state index in [1.807, 2.05) is 6.07 Å². The third-order valence-corrected chi connectivity index (χ3v) is 5.38. The number of hydrogen-bond donors (Lipinski definition) is 1. The number of nitro benzene ring substituents is 1. The maximum atomic E-state index is 11.4. The molecule has 0 atom stereocenters. The van der Waals surface area contributed by atoms with Crippen molar-refractivity contribution >= 4 is 11.7 Å².